The molecule has 14 heteroatoms. The number of rotatable bonds is 13. The maximum absolute atomic E-state index is 13.8. The number of alkyl halides is 3. The van der Waals surface area contributed by atoms with Crippen molar-refractivity contribution in [1.82, 2.24) is 4.90 Å². The molecule has 0 bridgehead atoms. The van der Waals surface area contributed by atoms with Crippen molar-refractivity contribution in [3.63, 3.8) is 0 Å². The summed E-state index contributed by atoms with van der Waals surface area (Å²) in [5.74, 6) is -4.02. The Morgan fingerprint density at radius 3 is 2.34 bits per heavy atom. The lowest BCUT2D eigenvalue weighted by molar-refractivity contribution is -0.201. The normalized spacial score (nSPS) is 13.1. The number of nitrogens with two attached hydrogens (primary N) is 2. The molecule has 0 fully saturated rings. The molecule has 1 heterocycles. The minimum atomic E-state index is -5.35. The molecule has 3 aromatic carbocycles. The van der Waals surface area contributed by atoms with Crippen LogP contribution in [0.3, 0.4) is 0 Å². The molecule has 0 aromatic heterocycles. The third-order valence-corrected chi connectivity index (χ3v) is 7.16. The van der Waals surface area contributed by atoms with Gasteiger partial charge in [0.2, 0.25) is 5.91 Å². The number of guanidine groups is 1. The molecular formula is C33H34F3N5O6. The summed E-state index contributed by atoms with van der Waals surface area (Å²) < 4.78 is 47.4. The standard InChI is InChI=1S/C33H34F3N5O6/c34-33(35,36)31(45)47-29(43)15-17-40-21-28(42)41(20-23-9-7-12-25(18-23)46-24-10-4-1-5-11-24)27-14-13-22(19-26(27)30(40)44)8-3-2-6-16-39-32(37)38/h1,4-5,7,9-14,18-19H,2-3,6,8,15-17,20-21H2,(H4,37,38,39). The summed E-state index contributed by atoms with van der Waals surface area (Å²) in [4.78, 5) is 56.9. The van der Waals surface area contributed by atoms with Gasteiger partial charge in [-0.05, 0) is 66.8 Å². The Kier molecular flexibility index (Phi) is 11.5. The maximum atomic E-state index is 13.8. The Morgan fingerprint density at radius 1 is 0.872 bits per heavy atom. The number of halogens is 3. The highest BCUT2D eigenvalue weighted by molar-refractivity contribution is 6.09. The van der Waals surface area contributed by atoms with Crippen LogP contribution >= 0.6 is 0 Å². The van der Waals surface area contributed by atoms with Crippen molar-refractivity contribution in [3.8, 4) is 11.5 Å². The predicted octanol–water partition coefficient (Wildman–Crippen LogP) is 4.48. The Morgan fingerprint density at radius 2 is 1.62 bits per heavy atom. The molecular weight excluding hydrogens is 619 g/mol. The van der Waals surface area contributed by atoms with Crippen molar-refractivity contribution < 1.29 is 41.8 Å². The van der Waals surface area contributed by atoms with Gasteiger partial charge in [0.15, 0.2) is 5.96 Å². The second-order valence-electron chi connectivity index (χ2n) is 10.7. The van der Waals surface area contributed by atoms with E-state index in [9.17, 15) is 32.3 Å². The number of aliphatic imine (C=N–C) groups is 1. The van der Waals surface area contributed by atoms with E-state index in [1.807, 2.05) is 24.3 Å². The first kappa shape index (κ1) is 34.5. The van der Waals surface area contributed by atoms with Gasteiger partial charge < -0.3 is 30.7 Å². The second-order valence-corrected chi connectivity index (χ2v) is 10.7. The second kappa shape index (κ2) is 15.7. The summed E-state index contributed by atoms with van der Waals surface area (Å²) in [6, 6.07) is 21.5. The number of esters is 2. The average molecular weight is 654 g/mol. The van der Waals surface area contributed by atoms with Crippen molar-refractivity contribution in [2.24, 2.45) is 16.5 Å². The summed E-state index contributed by atoms with van der Waals surface area (Å²) >= 11 is 0. The van der Waals surface area contributed by atoms with Gasteiger partial charge >= 0.3 is 18.1 Å². The van der Waals surface area contributed by atoms with Crippen LogP contribution in [0.1, 0.15) is 47.2 Å². The fourth-order valence-electron chi connectivity index (χ4n) is 4.90. The molecule has 0 radical (unpaired) electrons. The number of benzene rings is 3. The molecule has 0 atom stereocenters. The van der Waals surface area contributed by atoms with Gasteiger partial charge in [0.05, 0.1) is 24.2 Å². The Hall–Kier alpha value is -5.40. The number of nitrogens with zero attached hydrogens (tertiary/aromatic N) is 3. The van der Waals surface area contributed by atoms with Crippen LogP contribution in [-0.4, -0.2) is 60.4 Å². The van der Waals surface area contributed by atoms with Crippen molar-refractivity contribution >= 4 is 35.4 Å². The van der Waals surface area contributed by atoms with E-state index in [0.29, 0.717) is 35.7 Å². The number of para-hydroxylation sites is 1. The molecule has 0 spiro atoms. The number of anilines is 1. The third-order valence-electron chi connectivity index (χ3n) is 7.16. The number of ether oxygens (including phenoxy) is 2. The van der Waals surface area contributed by atoms with E-state index < -0.39 is 49.4 Å². The van der Waals surface area contributed by atoms with Gasteiger partial charge in [-0.3, -0.25) is 19.4 Å². The lowest BCUT2D eigenvalue weighted by Gasteiger charge is -2.23. The fraction of sp³-hybridized carbons (Fsp3) is 0.303. The molecule has 3 aromatic rings. The van der Waals surface area contributed by atoms with Crippen LogP contribution in [0.15, 0.2) is 77.8 Å². The van der Waals surface area contributed by atoms with E-state index in [-0.39, 0.29) is 18.1 Å². The molecule has 0 unspecified atom stereocenters. The Labute approximate surface area is 268 Å². The van der Waals surface area contributed by atoms with Gasteiger partial charge in [-0.25, -0.2) is 4.79 Å². The summed E-state index contributed by atoms with van der Waals surface area (Å²) in [6.45, 7) is -0.345. The zero-order valence-electron chi connectivity index (χ0n) is 25.4. The summed E-state index contributed by atoms with van der Waals surface area (Å²) in [5, 5.41) is 0. The molecule has 11 nitrogen and oxygen atoms in total. The minimum absolute atomic E-state index is 0.0218. The van der Waals surface area contributed by atoms with Gasteiger partial charge in [0.25, 0.3) is 5.91 Å². The number of hydrogen-bond acceptors (Lipinski definition) is 7. The number of fused-ring (bicyclic) bond motifs is 1. The predicted molar refractivity (Wildman–Crippen MR) is 166 cm³/mol. The molecule has 0 saturated heterocycles. The molecule has 2 amide bonds. The lowest BCUT2D eigenvalue weighted by atomic mass is 10.0. The van der Waals surface area contributed by atoms with Crippen molar-refractivity contribution in [3.05, 3.63) is 89.5 Å². The number of hydrogen-bond donors (Lipinski definition) is 2. The van der Waals surface area contributed by atoms with E-state index in [4.69, 9.17) is 16.2 Å². The topological polar surface area (TPSA) is 158 Å². The maximum Gasteiger partial charge on any atom is 0.491 e. The minimum Gasteiger partial charge on any atom is -0.457 e. The van der Waals surface area contributed by atoms with Gasteiger partial charge in [0, 0.05) is 13.1 Å². The molecule has 1 aliphatic heterocycles. The highest BCUT2D eigenvalue weighted by Crippen LogP contribution is 2.30. The summed E-state index contributed by atoms with van der Waals surface area (Å²) in [5.41, 5.74) is 12.8. The summed E-state index contributed by atoms with van der Waals surface area (Å²) in [7, 11) is 0. The van der Waals surface area contributed by atoms with E-state index in [0.717, 1.165) is 29.7 Å². The number of carbonyl (C=O) groups is 4. The molecule has 0 saturated carbocycles. The first-order chi connectivity index (χ1) is 22.4. The molecule has 4 N–H and O–H groups in total. The average Bonchev–Trinajstić information content (AvgIpc) is 3.12. The van der Waals surface area contributed by atoms with E-state index in [1.54, 1.807) is 48.5 Å². The quantitative estimate of drug-likeness (QED) is 0.0899. The van der Waals surface area contributed by atoms with Crippen LogP contribution in [0.25, 0.3) is 0 Å². The SMILES string of the molecule is NC(N)=NCCCCCc1ccc2c(c1)C(=O)N(CCC(=O)OC(=O)C(F)(F)F)CC(=O)N2Cc1cccc(Oc2ccccc2)c1. The van der Waals surface area contributed by atoms with E-state index in [2.05, 4.69) is 9.73 Å². The third kappa shape index (κ3) is 10.0. The van der Waals surface area contributed by atoms with Gasteiger partial charge in [0.1, 0.15) is 18.0 Å². The van der Waals surface area contributed by atoms with Crippen LogP contribution in [0.2, 0.25) is 0 Å². The van der Waals surface area contributed by atoms with Crippen LogP contribution in [0.4, 0.5) is 18.9 Å². The molecule has 47 heavy (non-hydrogen) atoms. The highest BCUT2D eigenvalue weighted by atomic mass is 19.4. The Bertz CT molecular complexity index is 1630. The lowest BCUT2D eigenvalue weighted by Crippen LogP contribution is -2.40. The molecule has 1 aliphatic rings. The highest BCUT2D eigenvalue weighted by Gasteiger charge is 2.42. The van der Waals surface area contributed by atoms with Crippen LogP contribution in [0.5, 0.6) is 11.5 Å². The number of unbranched alkanes of at least 4 members (excludes halogenated alkanes) is 2. The van der Waals surface area contributed by atoms with Crippen molar-refractivity contribution in [2.45, 2.75) is 44.8 Å². The fourth-order valence-corrected chi connectivity index (χ4v) is 4.90. The van der Waals surface area contributed by atoms with Crippen molar-refractivity contribution in [1.29, 1.82) is 0 Å². The first-order valence-electron chi connectivity index (χ1n) is 14.8. The molecule has 0 aliphatic carbocycles. The smallest absolute Gasteiger partial charge is 0.457 e. The van der Waals surface area contributed by atoms with Crippen LogP contribution in [0, 0.1) is 0 Å². The number of aryl methyl sites for hydroxylation is 1. The Balaban J connectivity index is 1.55. The molecule has 248 valence electrons. The zero-order chi connectivity index (χ0) is 34.0. The van der Waals surface area contributed by atoms with E-state index >= 15 is 0 Å². The molecule has 4 rings (SSSR count). The van der Waals surface area contributed by atoms with Gasteiger partial charge in [-0.1, -0.05) is 42.8 Å². The summed E-state index contributed by atoms with van der Waals surface area (Å²) in [6.07, 6.45) is -3.12. The van der Waals surface area contributed by atoms with Gasteiger partial charge in [-0.15, -0.1) is 0 Å². The first-order valence-corrected chi connectivity index (χ1v) is 14.8. The van der Waals surface area contributed by atoms with Crippen LogP contribution < -0.4 is 21.1 Å². The van der Waals surface area contributed by atoms with Gasteiger partial charge in [-0.2, -0.15) is 13.2 Å². The zero-order valence-corrected chi connectivity index (χ0v) is 25.4. The number of amides is 2. The largest absolute Gasteiger partial charge is 0.491 e. The van der Waals surface area contributed by atoms with Crippen molar-refractivity contribution in [2.75, 3.05) is 24.5 Å². The van der Waals surface area contributed by atoms with Crippen LogP contribution in [-0.2, 0) is 32.1 Å². The van der Waals surface area contributed by atoms with E-state index in [1.165, 1.54) is 4.90 Å². The monoisotopic (exact) mass is 653 g/mol. The number of carbonyl (C=O) groups excluding carboxylic acids is 4.